The van der Waals surface area contributed by atoms with Crippen LogP contribution in [0, 0.1) is 0 Å². The van der Waals surface area contributed by atoms with Gasteiger partial charge in [-0.15, -0.1) is 0 Å². The van der Waals surface area contributed by atoms with Gasteiger partial charge >= 0.3 is 5.97 Å². The molecule has 7 nitrogen and oxygen atoms in total. The fourth-order valence-corrected chi connectivity index (χ4v) is 3.91. The van der Waals surface area contributed by atoms with E-state index in [-0.39, 0.29) is 17.2 Å². The van der Waals surface area contributed by atoms with Crippen molar-refractivity contribution in [3.63, 3.8) is 0 Å². The number of hydrogen-bond donors (Lipinski definition) is 1. The van der Waals surface area contributed by atoms with E-state index in [9.17, 15) is 9.90 Å². The van der Waals surface area contributed by atoms with Crippen molar-refractivity contribution in [2.24, 2.45) is 0 Å². The van der Waals surface area contributed by atoms with Crippen LogP contribution in [0.5, 0.6) is 5.75 Å². The molecule has 0 amide bonds. The Hall–Kier alpha value is -2.97. The molecule has 5 rings (SSSR count). The minimum Gasteiger partial charge on any atom is -0.491 e. The van der Waals surface area contributed by atoms with E-state index in [4.69, 9.17) is 14.2 Å². The Bertz CT molecular complexity index is 1140. The van der Waals surface area contributed by atoms with Crippen LogP contribution < -0.4 is 4.74 Å². The highest BCUT2D eigenvalue weighted by Crippen LogP contribution is 2.44. The molecule has 0 bridgehead atoms. The number of carboxylic acids is 1. The Kier molecular flexibility index (Phi) is 3.91. The lowest BCUT2D eigenvalue weighted by Gasteiger charge is -2.17. The number of carbonyl (C=O) groups is 1. The zero-order valence-electron chi connectivity index (χ0n) is 15.9. The highest BCUT2D eigenvalue weighted by atomic mass is 19.1. The lowest BCUT2D eigenvalue weighted by atomic mass is 10.1. The highest BCUT2D eigenvalue weighted by Gasteiger charge is 2.34. The van der Waals surface area contributed by atoms with Crippen LogP contribution in [-0.2, 0) is 9.47 Å². The van der Waals surface area contributed by atoms with Crippen LogP contribution in [0.1, 0.15) is 36.1 Å². The monoisotopic (exact) mass is 398 g/mol. The van der Waals surface area contributed by atoms with Crippen LogP contribution in [0.15, 0.2) is 36.4 Å². The predicted molar refractivity (Wildman–Crippen MR) is 102 cm³/mol. The SMILES string of the molecule is CC1(C)OC[C@H](COc2ccc3c(c2)C(F)n2c-3nc3c(C(=O)O)cccc32)O1. The number of halogens is 1. The smallest absolute Gasteiger partial charge is 0.337 e. The number of para-hydroxylation sites is 1. The van der Waals surface area contributed by atoms with E-state index in [1.54, 1.807) is 30.3 Å². The van der Waals surface area contributed by atoms with Gasteiger partial charge in [0, 0.05) is 11.1 Å². The van der Waals surface area contributed by atoms with Gasteiger partial charge in [-0.3, -0.25) is 4.57 Å². The number of rotatable bonds is 4. The van der Waals surface area contributed by atoms with Gasteiger partial charge in [-0.25, -0.2) is 14.2 Å². The molecule has 1 fully saturated rings. The van der Waals surface area contributed by atoms with E-state index in [1.165, 1.54) is 10.6 Å². The zero-order chi connectivity index (χ0) is 20.3. The number of ether oxygens (including phenoxy) is 3. The topological polar surface area (TPSA) is 82.8 Å². The summed E-state index contributed by atoms with van der Waals surface area (Å²) in [5.41, 5.74) is 1.85. The molecule has 2 aromatic carbocycles. The van der Waals surface area contributed by atoms with E-state index in [0.717, 1.165) is 0 Å². The normalized spacial score (nSPS) is 21.9. The molecule has 1 unspecified atom stereocenters. The van der Waals surface area contributed by atoms with Crippen molar-refractivity contribution in [2.45, 2.75) is 32.0 Å². The maximum Gasteiger partial charge on any atom is 0.337 e. The molecule has 1 aromatic heterocycles. The summed E-state index contributed by atoms with van der Waals surface area (Å²) in [6.07, 6.45) is -1.66. The Labute approximate surface area is 165 Å². The number of aromatic nitrogens is 2. The fourth-order valence-electron chi connectivity index (χ4n) is 3.91. The Morgan fingerprint density at radius 2 is 2.21 bits per heavy atom. The van der Waals surface area contributed by atoms with Crippen LogP contribution >= 0.6 is 0 Å². The first-order chi connectivity index (χ1) is 13.8. The molecular formula is C21H19FN2O5. The molecule has 0 radical (unpaired) electrons. The molecule has 8 heteroatoms. The average molecular weight is 398 g/mol. The molecule has 29 heavy (non-hydrogen) atoms. The number of carboxylic acid groups (broad SMARTS) is 1. The van der Waals surface area contributed by atoms with Crippen molar-refractivity contribution in [1.29, 1.82) is 0 Å². The third-order valence-corrected chi connectivity index (χ3v) is 5.20. The van der Waals surface area contributed by atoms with Crippen LogP contribution in [0.25, 0.3) is 22.4 Å². The molecule has 1 N–H and O–H groups in total. The van der Waals surface area contributed by atoms with Gasteiger partial charge in [0.05, 0.1) is 17.7 Å². The van der Waals surface area contributed by atoms with E-state index in [2.05, 4.69) is 4.98 Å². The lowest BCUT2D eigenvalue weighted by Crippen LogP contribution is -2.25. The predicted octanol–water partition coefficient (Wildman–Crippen LogP) is 3.76. The molecular weight excluding hydrogens is 379 g/mol. The second-order valence-electron chi connectivity index (χ2n) is 7.63. The molecule has 2 aliphatic rings. The van der Waals surface area contributed by atoms with Gasteiger partial charge in [-0.2, -0.15) is 0 Å². The zero-order valence-corrected chi connectivity index (χ0v) is 15.9. The maximum atomic E-state index is 15.3. The molecule has 0 aliphatic carbocycles. The number of benzene rings is 2. The summed E-state index contributed by atoms with van der Waals surface area (Å²) >= 11 is 0. The summed E-state index contributed by atoms with van der Waals surface area (Å²) in [4.78, 5) is 15.9. The summed E-state index contributed by atoms with van der Waals surface area (Å²) in [5.74, 6) is -0.771. The fraction of sp³-hybridized carbons (Fsp3) is 0.333. The van der Waals surface area contributed by atoms with E-state index >= 15 is 4.39 Å². The second-order valence-corrected chi connectivity index (χ2v) is 7.63. The summed E-state index contributed by atoms with van der Waals surface area (Å²) < 4.78 is 33.8. The second kappa shape index (κ2) is 6.27. The highest BCUT2D eigenvalue weighted by molar-refractivity contribution is 6.02. The molecule has 0 spiro atoms. The molecule has 3 heterocycles. The Morgan fingerprint density at radius 3 is 2.93 bits per heavy atom. The third kappa shape index (κ3) is 2.87. The summed E-state index contributed by atoms with van der Waals surface area (Å²) in [7, 11) is 0. The van der Waals surface area contributed by atoms with Crippen LogP contribution in [0.4, 0.5) is 4.39 Å². The first-order valence-corrected chi connectivity index (χ1v) is 9.31. The molecule has 3 aromatic rings. The summed E-state index contributed by atoms with van der Waals surface area (Å²) in [6, 6.07) is 9.89. The molecule has 2 aliphatic heterocycles. The minimum absolute atomic E-state index is 0.0554. The molecule has 2 atom stereocenters. The van der Waals surface area contributed by atoms with Gasteiger partial charge in [0.25, 0.3) is 0 Å². The average Bonchev–Trinajstić information content (AvgIpc) is 3.32. The number of alkyl halides is 1. The number of imidazole rings is 1. The van der Waals surface area contributed by atoms with Gasteiger partial charge in [0.15, 0.2) is 5.79 Å². The maximum absolute atomic E-state index is 15.3. The number of nitrogens with zero attached hydrogens (tertiary/aromatic N) is 2. The van der Waals surface area contributed by atoms with Crippen molar-refractivity contribution < 1.29 is 28.5 Å². The largest absolute Gasteiger partial charge is 0.491 e. The van der Waals surface area contributed by atoms with Crippen LogP contribution in [-0.4, -0.2) is 45.7 Å². The number of fused-ring (bicyclic) bond motifs is 5. The van der Waals surface area contributed by atoms with Gasteiger partial charge in [-0.05, 0) is 44.2 Å². The number of hydrogen-bond acceptors (Lipinski definition) is 5. The van der Waals surface area contributed by atoms with Crippen molar-refractivity contribution in [3.05, 3.63) is 47.5 Å². The quantitative estimate of drug-likeness (QED) is 0.721. The first-order valence-electron chi connectivity index (χ1n) is 9.31. The summed E-state index contributed by atoms with van der Waals surface area (Å²) in [5, 5.41) is 9.37. The molecule has 0 saturated carbocycles. The van der Waals surface area contributed by atoms with Crippen LogP contribution in [0.3, 0.4) is 0 Å². The van der Waals surface area contributed by atoms with Crippen molar-refractivity contribution in [3.8, 4) is 17.1 Å². The first kappa shape index (κ1) is 18.1. The van der Waals surface area contributed by atoms with Crippen molar-refractivity contribution in [1.82, 2.24) is 9.55 Å². The Morgan fingerprint density at radius 1 is 1.38 bits per heavy atom. The van der Waals surface area contributed by atoms with Gasteiger partial charge in [-0.1, -0.05) is 6.07 Å². The van der Waals surface area contributed by atoms with Gasteiger partial charge < -0.3 is 19.3 Å². The van der Waals surface area contributed by atoms with Crippen molar-refractivity contribution in [2.75, 3.05) is 13.2 Å². The molecule has 150 valence electrons. The van der Waals surface area contributed by atoms with Gasteiger partial charge in [0.1, 0.15) is 29.8 Å². The number of aromatic carboxylic acids is 1. The summed E-state index contributed by atoms with van der Waals surface area (Å²) in [6.45, 7) is 4.43. The lowest BCUT2D eigenvalue weighted by molar-refractivity contribution is -0.141. The van der Waals surface area contributed by atoms with Crippen molar-refractivity contribution >= 4 is 17.0 Å². The van der Waals surface area contributed by atoms with E-state index < -0.39 is 18.1 Å². The van der Waals surface area contributed by atoms with Crippen LogP contribution in [0.2, 0.25) is 0 Å². The third-order valence-electron chi connectivity index (χ3n) is 5.20. The van der Waals surface area contributed by atoms with E-state index in [0.29, 0.717) is 41.4 Å². The molecule has 1 saturated heterocycles. The Balaban J connectivity index is 1.45. The van der Waals surface area contributed by atoms with E-state index in [1.807, 2.05) is 13.8 Å². The van der Waals surface area contributed by atoms with Gasteiger partial charge in [0.2, 0.25) is 6.30 Å². The standard InChI is InChI=1S/C21H19FN2O5/c1-21(2)28-10-12(29-21)9-27-11-6-7-13-15(8-11)18(22)24-16-5-3-4-14(20(25)26)17(16)23-19(13)24/h3-8,12,18H,9-10H2,1-2H3,(H,25,26)/t12-,18?/m0/s1. The minimum atomic E-state index is -1.47.